The summed E-state index contributed by atoms with van der Waals surface area (Å²) < 4.78 is 2.13. The van der Waals surface area contributed by atoms with Gasteiger partial charge in [-0.15, -0.1) is 0 Å². The highest BCUT2D eigenvalue weighted by Crippen LogP contribution is 2.28. The van der Waals surface area contributed by atoms with Crippen molar-refractivity contribution in [3.8, 4) is 0 Å². The zero-order valence-electron chi connectivity index (χ0n) is 13.1. The maximum absolute atomic E-state index is 4.69. The van der Waals surface area contributed by atoms with Crippen LogP contribution < -0.4 is 5.32 Å². The summed E-state index contributed by atoms with van der Waals surface area (Å²) in [6.07, 6.45) is 7.29. The number of nitrogens with one attached hydrogen (secondary N) is 1. The standard InChI is InChI=1S/C16H23N5/c1-11-12(2)18-13(3)19-16(11)17-10-14-8-9-21(20-14)15-6-4-5-7-15/h8-9,15H,4-7,10H2,1-3H3,(H,17,18,19). The molecule has 0 amide bonds. The van der Waals surface area contributed by atoms with E-state index in [4.69, 9.17) is 5.10 Å². The lowest BCUT2D eigenvalue weighted by atomic mass is 10.2. The van der Waals surface area contributed by atoms with Gasteiger partial charge in [-0.05, 0) is 39.7 Å². The first kappa shape index (κ1) is 14.0. The van der Waals surface area contributed by atoms with E-state index in [9.17, 15) is 0 Å². The van der Waals surface area contributed by atoms with Gasteiger partial charge in [0.05, 0.1) is 18.3 Å². The Balaban J connectivity index is 1.68. The van der Waals surface area contributed by atoms with E-state index in [-0.39, 0.29) is 0 Å². The molecule has 0 unspecified atom stereocenters. The van der Waals surface area contributed by atoms with Crippen molar-refractivity contribution in [2.45, 2.75) is 59.0 Å². The number of hydrogen-bond acceptors (Lipinski definition) is 4. The van der Waals surface area contributed by atoms with Crippen LogP contribution in [0.4, 0.5) is 5.82 Å². The number of aromatic nitrogens is 4. The number of rotatable bonds is 4. The molecular weight excluding hydrogens is 262 g/mol. The minimum atomic E-state index is 0.601. The Morgan fingerprint density at radius 2 is 1.95 bits per heavy atom. The Morgan fingerprint density at radius 1 is 1.19 bits per heavy atom. The molecule has 0 saturated heterocycles. The highest BCUT2D eigenvalue weighted by Gasteiger charge is 2.17. The summed E-state index contributed by atoms with van der Waals surface area (Å²) in [7, 11) is 0. The average Bonchev–Trinajstić information content (AvgIpc) is 3.11. The third-order valence-electron chi connectivity index (χ3n) is 4.30. The van der Waals surface area contributed by atoms with Gasteiger partial charge in [-0.3, -0.25) is 4.68 Å². The molecule has 21 heavy (non-hydrogen) atoms. The number of aryl methyl sites for hydroxylation is 2. The van der Waals surface area contributed by atoms with Crippen LogP contribution in [0.2, 0.25) is 0 Å². The van der Waals surface area contributed by atoms with E-state index in [0.717, 1.165) is 28.6 Å². The van der Waals surface area contributed by atoms with E-state index in [1.54, 1.807) is 0 Å². The maximum Gasteiger partial charge on any atom is 0.133 e. The highest BCUT2D eigenvalue weighted by atomic mass is 15.3. The van der Waals surface area contributed by atoms with Crippen LogP contribution in [-0.4, -0.2) is 19.7 Å². The van der Waals surface area contributed by atoms with E-state index in [0.29, 0.717) is 12.6 Å². The Labute approximate surface area is 125 Å². The summed E-state index contributed by atoms with van der Waals surface area (Å²) in [5, 5.41) is 8.08. The van der Waals surface area contributed by atoms with Gasteiger partial charge in [-0.25, -0.2) is 9.97 Å². The van der Waals surface area contributed by atoms with Gasteiger partial charge in [-0.1, -0.05) is 12.8 Å². The smallest absolute Gasteiger partial charge is 0.133 e. The SMILES string of the molecule is Cc1nc(C)c(C)c(NCc2ccn(C3CCCC3)n2)n1. The summed E-state index contributed by atoms with van der Waals surface area (Å²) in [5.41, 5.74) is 3.20. The molecule has 0 atom stereocenters. The summed E-state index contributed by atoms with van der Waals surface area (Å²) in [4.78, 5) is 8.85. The minimum Gasteiger partial charge on any atom is -0.364 e. The Hall–Kier alpha value is -1.91. The molecule has 0 aromatic carbocycles. The average molecular weight is 285 g/mol. The molecule has 5 heteroatoms. The molecule has 2 aromatic rings. The molecule has 0 spiro atoms. The van der Waals surface area contributed by atoms with Gasteiger partial charge >= 0.3 is 0 Å². The molecule has 1 aliphatic rings. The van der Waals surface area contributed by atoms with Crippen molar-refractivity contribution in [1.82, 2.24) is 19.7 Å². The first-order chi connectivity index (χ1) is 10.1. The topological polar surface area (TPSA) is 55.6 Å². The van der Waals surface area contributed by atoms with Crippen LogP contribution in [0, 0.1) is 20.8 Å². The second-order valence-corrected chi connectivity index (χ2v) is 5.91. The van der Waals surface area contributed by atoms with Gasteiger partial charge in [0.15, 0.2) is 0 Å². The van der Waals surface area contributed by atoms with Gasteiger partial charge in [0.25, 0.3) is 0 Å². The summed E-state index contributed by atoms with van der Waals surface area (Å²) >= 11 is 0. The minimum absolute atomic E-state index is 0.601. The van der Waals surface area contributed by atoms with E-state index in [1.165, 1.54) is 25.7 Å². The Morgan fingerprint density at radius 3 is 2.71 bits per heavy atom. The predicted octanol–water partition coefficient (Wildman–Crippen LogP) is 3.33. The van der Waals surface area contributed by atoms with E-state index in [1.807, 2.05) is 20.8 Å². The van der Waals surface area contributed by atoms with Gasteiger partial charge in [0.1, 0.15) is 11.6 Å². The van der Waals surface area contributed by atoms with Crippen molar-refractivity contribution < 1.29 is 0 Å². The van der Waals surface area contributed by atoms with Crippen molar-refractivity contribution in [2.24, 2.45) is 0 Å². The molecule has 0 bridgehead atoms. The molecule has 0 aliphatic heterocycles. The third-order valence-corrected chi connectivity index (χ3v) is 4.30. The highest BCUT2D eigenvalue weighted by molar-refractivity contribution is 5.45. The van der Waals surface area contributed by atoms with Gasteiger partial charge in [0, 0.05) is 17.5 Å². The van der Waals surface area contributed by atoms with Crippen LogP contribution in [0.25, 0.3) is 0 Å². The van der Waals surface area contributed by atoms with Crippen LogP contribution in [0.1, 0.15) is 54.5 Å². The number of anilines is 1. The van der Waals surface area contributed by atoms with E-state index in [2.05, 4.69) is 32.2 Å². The first-order valence-corrected chi connectivity index (χ1v) is 7.73. The van der Waals surface area contributed by atoms with Crippen molar-refractivity contribution in [2.75, 3.05) is 5.32 Å². The van der Waals surface area contributed by atoms with Crippen LogP contribution >= 0.6 is 0 Å². The Bertz CT molecular complexity index is 626. The quantitative estimate of drug-likeness (QED) is 0.936. The molecule has 1 N–H and O–H groups in total. The molecule has 1 fully saturated rings. The van der Waals surface area contributed by atoms with Gasteiger partial charge in [-0.2, -0.15) is 5.10 Å². The van der Waals surface area contributed by atoms with Gasteiger partial charge < -0.3 is 5.32 Å². The molecule has 2 aromatic heterocycles. The number of nitrogens with zero attached hydrogens (tertiary/aromatic N) is 4. The lowest BCUT2D eigenvalue weighted by Crippen LogP contribution is -2.09. The fourth-order valence-corrected chi connectivity index (χ4v) is 2.96. The largest absolute Gasteiger partial charge is 0.364 e. The fourth-order valence-electron chi connectivity index (χ4n) is 2.96. The monoisotopic (exact) mass is 285 g/mol. The zero-order chi connectivity index (χ0) is 14.8. The molecule has 0 radical (unpaired) electrons. The van der Waals surface area contributed by atoms with E-state index < -0.39 is 0 Å². The lowest BCUT2D eigenvalue weighted by molar-refractivity contribution is 0.463. The second-order valence-electron chi connectivity index (χ2n) is 5.91. The first-order valence-electron chi connectivity index (χ1n) is 7.73. The van der Waals surface area contributed by atoms with Crippen molar-refractivity contribution in [3.63, 3.8) is 0 Å². The van der Waals surface area contributed by atoms with E-state index >= 15 is 0 Å². The summed E-state index contributed by atoms with van der Waals surface area (Å²) in [5.74, 6) is 1.72. The fraction of sp³-hybridized carbons (Fsp3) is 0.562. The zero-order valence-corrected chi connectivity index (χ0v) is 13.1. The maximum atomic E-state index is 4.69. The van der Waals surface area contributed by atoms with Crippen LogP contribution in [0.15, 0.2) is 12.3 Å². The molecular formula is C16H23N5. The molecule has 2 heterocycles. The van der Waals surface area contributed by atoms with Crippen molar-refractivity contribution in [3.05, 3.63) is 35.0 Å². The normalized spacial score (nSPS) is 15.6. The second kappa shape index (κ2) is 5.84. The summed E-state index contributed by atoms with van der Waals surface area (Å²) in [6.45, 7) is 6.70. The van der Waals surface area contributed by atoms with Crippen LogP contribution in [0.3, 0.4) is 0 Å². The van der Waals surface area contributed by atoms with Gasteiger partial charge in [0.2, 0.25) is 0 Å². The molecule has 5 nitrogen and oxygen atoms in total. The lowest BCUT2D eigenvalue weighted by Gasteiger charge is -2.11. The van der Waals surface area contributed by atoms with Crippen molar-refractivity contribution in [1.29, 1.82) is 0 Å². The molecule has 112 valence electrons. The molecule has 1 aliphatic carbocycles. The molecule has 1 saturated carbocycles. The summed E-state index contributed by atoms with van der Waals surface area (Å²) in [6, 6.07) is 2.70. The third kappa shape index (κ3) is 3.06. The number of hydrogen-bond donors (Lipinski definition) is 1. The molecule has 3 rings (SSSR count). The Kier molecular flexibility index (Phi) is 3.90. The predicted molar refractivity (Wildman–Crippen MR) is 83.3 cm³/mol. The van der Waals surface area contributed by atoms with Crippen LogP contribution in [-0.2, 0) is 6.54 Å². The van der Waals surface area contributed by atoms with Crippen LogP contribution in [0.5, 0.6) is 0 Å². The van der Waals surface area contributed by atoms with Crippen molar-refractivity contribution >= 4 is 5.82 Å².